The molecule has 10 N–H and O–H groups in total. The van der Waals surface area contributed by atoms with E-state index in [4.69, 9.17) is 17.2 Å². The van der Waals surface area contributed by atoms with Gasteiger partial charge in [0, 0.05) is 31.8 Å². The normalized spacial score (nSPS) is 13.4. The second-order valence-corrected chi connectivity index (χ2v) is 6.68. The summed E-state index contributed by atoms with van der Waals surface area (Å²) < 4.78 is 0. The summed E-state index contributed by atoms with van der Waals surface area (Å²) in [4.78, 5) is 58.7. The molecule has 0 aliphatic heterocycles. The molecule has 0 aliphatic rings. The van der Waals surface area contributed by atoms with Gasteiger partial charge in [0.15, 0.2) is 5.96 Å². The van der Waals surface area contributed by atoms with E-state index in [1.807, 2.05) is 0 Å². The van der Waals surface area contributed by atoms with Crippen LogP contribution in [0, 0.1) is 0 Å². The molecule has 0 saturated heterocycles. The topological polar surface area (TPSA) is 223 Å². The van der Waals surface area contributed by atoms with Gasteiger partial charge in [-0.3, -0.25) is 24.2 Å². The summed E-state index contributed by atoms with van der Waals surface area (Å²) >= 11 is 0. The number of amides is 4. The molecule has 0 aromatic carbocycles. The van der Waals surface area contributed by atoms with Gasteiger partial charge in [-0.1, -0.05) is 0 Å². The van der Waals surface area contributed by atoms with Gasteiger partial charge in [-0.05, 0) is 19.8 Å². The first-order valence-electron chi connectivity index (χ1n) is 9.30. The number of rotatable bonds is 12. The number of aromatic amines is 1. The van der Waals surface area contributed by atoms with Crippen molar-refractivity contribution >= 4 is 29.6 Å². The van der Waals surface area contributed by atoms with Crippen molar-refractivity contribution < 1.29 is 19.2 Å². The Morgan fingerprint density at radius 1 is 1.10 bits per heavy atom. The van der Waals surface area contributed by atoms with E-state index in [9.17, 15) is 19.2 Å². The fraction of sp³-hybridized carbons (Fsp3) is 0.529. The van der Waals surface area contributed by atoms with E-state index in [2.05, 4.69) is 30.9 Å². The lowest BCUT2D eigenvalue weighted by atomic mass is 10.1. The van der Waals surface area contributed by atoms with Crippen molar-refractivity contribution in [1.29, 1.82) is 0 Å². The minimum Gasteiger partial charge on any atom is -0.370 e. The Kier molecular flexibility index (Phi) is 9.79. The number of H-pyrrole nitrogens is 1. The number of imidazole rings is 1. The van der Waals surface area contributed by atoms with Crippen LogP contribution in [0.2, 0.25) is 0 Å². The maximum atomic E-state index is 12.8. The molecule has 0 bridgehead atoms. The standard InChI is InChI=1S/C17H29N9O4/c1-9(14(18)28)24-15(29)12(4-3-5-22-17(19)20)26-16(30)13(25-10(2)27)6-11-7-21-8-23-11/h7-9,12-13H,3-6H2,1-2H3,(H2,18,28)(H,21,23)(H,24,29)(H,25,27)(H,26,30)(H4,19,20,22)/t9-,12-,13-/m0/s1. The number of aromatic nitrogens is 2. The Hall–Kier alpha value is -3.64. The van der Waals surface area contributed by atoms with E-state index >= 15 is 0 Å². The van der Waals surface area contributed by atoms with Crippen LogP contribution in [0.25, 0.3) is 0 Å². The van der Waals surface area contributed by atoms with Crippen molar-refractivity contribution in [2.45, 2.75) is 51.2 Å². The molecule has 0 spiro atoms. The van der Waals surface area contributed by atoms with Crippen LogP contribution in [-0.4, -0.2) is 64.2 Å². The van der Waals surface area contributed by atoms with Crippen LogP contribution in [0.1, 0.15) is 32.4 Å². The number of primary amides is 1. The van der Waals surface area contributed by atoms with Crippen LogP contribution in [-0.2, 0) is 25.6 Å². The van der Waals surface area contributed by atoms with E-state index in [0.717, 1.165) is 0 Å². The zero-order valence-electron chi connectivity index (χ0n) is 17.0. The number of nitrogens with two attached hydrogens (primary N) is 3. The molecule has 166 valence electrons. The molecule has 0 unspecified atom stereocenters. The highest BCUT2D eigenvalue weighted by Crippen LogP contribution is 2.04. The smallest absolute Gasteiger partial charge is 0.243 e. The molecular weight excluding hydrogens is 394 g/mol. The molecule has 1 heterocycles. The molecule has 13 heteroatoms. The largest absolute Gasteiger partial charge is 0.370 e. The van der Waals surface area contributed by atoms with E-state index in [1.54, 1.807) is 0 Å². The number of hydrogen-bond acceptors (Lipinski definition) is 6. The Bertz CT molecular complexity index is 759. The van der Waals surface area contributed by atoms with E-state index < -0.39 is 41.8 Å². The highest BCUT2D eigenvalue weighted by molar-refractivity contribution is 5.93. The molecule has 1 aromatic rings. The first kappa shape index (κ1) is 24.4. The summed E-state index contributed by atoms with van der Waals surface area (Å²) in [5, 5.41) is 7.59. The van der Waals surface area contributed by atoms with Crippen molar-refractivity contribution in [1.82, 2.24) is 25.9 Å². The van der Waals surface area contributed by atoms with Crippen LogP contribution in [0.4, 0.5) is 0 Å². The van der Waals surface area contributed by atoms with Crippen molar-refractivity contribution in [3.63, 3.8) is 0 Å². The van der Waals surface area contributed by atoms with Crippen LogP contribution in [0.15, 0.2) is 17.5 Å². The zero-order valence-corrected chi connectivity index (χ0v) is 17.0. The van der Waals surface area contributed by atoms with Crippen LogP contribution in [0.5, 0.6) is 0 Å². The van der Waals surface area contributed by atoms with Gasteiger partial charge >= 0.3 is 0 Å². The number of carbonyl (C=O) groups excluding carboxylic acids is 4. The molecule has 13 nitrogen and oxygen atoms in total. The SMILES string of the molecule is CC(=O)N[C@@H](Cc1cnc[nH]1)C(=O)N[C@@H](CCCN=C(N)N)C(=O)N[C@@H](C)C(N)=O. The number of nitrogens with zero attached hydrogens (tertiary/aromatic N) is 2. The number of nitrogens with one attached hydrogen (secondary N) is 4. The Morgan fingerprint density at radius 3 is 2.30 bits per heavy atom. The average Bonchev–Trinajstić information content (AvgIpc) is 3.15. The van der Waals surface area contributed by atoms with Crippen molar-refractivity contribution in [3.05, 3.63) is 18.2 Å². The average molecular weight is 423 g/mol. The van der Waals surface area contributed by atoms with E-state index in [0.29, 0.717) is 12.1 Å². The van der Waals surface area contributed by atoms with Gasteiger partial charge in [0.25, 0.3) is 0 Å². The van der Waals surface area contributed by atoms with Gasteiger partial charge in [-0.15, -0.1) is 0 Å². The molecule has 0 radical (unpaired) electrons. The summed E-state index contributed by atoms with van der Waals surface area (Å²) in [7, 11) is 0. The molecule has 0 aliphatic carbocycles. The van der Waals surface area contributed by atoms with Crippen LogP contribution >= 0.6 is 0 Å². The number of hydrogen-bond donors (Lipinski definition) is 7. The number of carbonyl (C=O) groups is 4. The molecule has 4 amide bonds. The predicted molar refractivity (Wildman–Crippen MR) is 109 cm³/mol. The van der Waals surface area contributed by atoms with Gasteiger partial charge in [0.1, 0.15) is 18.1 Å². The zero-order chi connectivity index (χ0) is 22.7. The molecule has 1 rings (SSSR count). The van der Waals surface area contributed by atoms with Crippen molar-refractivity contribution in [2.24, 2.45) is 22.2 Å². The first-order valence-corrected chi connectivity index (χ1v) is 9.30. The van der Waals surface area contributed by atoms with Crippen molar-refractivity contribution in [3.8, 4) is 0 Å². The second-order valence-electron chi connectivity index (χ2n) is 6.68. The third kappa shape index (κ3) is 9.03. The highest BCUT2D eigenvalue weighted by atomic mass is 16.2. The lowest BCUT2D eigenvalue weighted by Gasteiger charge is -2.23. The van der Waals surface area contributed by atoms with Gasteiger partial charge in [0.05, 0.1) is 6.33 Å². The number of guanidine groups is 1. The lowest BCUT2D eigenvalue weighted by molar-refractivity contribution is -0.133. The molecular formula is C17H29N9O4. The number of aliphatic imine (C=N–C) groups is 1. The van der Waals surface area contributed by atoms with Gasteiger partial charge in [-0.25, -0.2) is 4.98 Å². The third-order valence-electron chi connectivity index (χ3n) is 4.04. The fourth-order valence-electron chi connectivity index (χ4n) is 2.50. The molecule has 30 heavy (non-hydrogen) atoms. The van der Waals surface area contributed by atoms with E-state index in [-0.39, 0.29) is 25.3 Å². The Labute approximate surface area is 173 Å². The molecule has 1 aromatic heterocycles. The molecule has 0 fully saturated rings. The Morgan fingerprint density at radius 2 is 1.77 bits per heavy atom. The molecule has 0 saturated carbocycles. The van der Waals surface area contributed by atoms with Crippen molar-refractivity contribution in [2.75, 3.05) is 6.54 Å². The predicted octanol–water partition coefficient (Wildman–Crippen LogP) is -3.01. The van der Waals surface area contributed by atoms with Gasteiger partial charge in [0.2, 0.25) is 23.6 Å². The fourth-order valence-corrected chi connectivity index (χ4v) is 2.50. The minimum atomic E-state index is -0.994. The maximum Gasteiger partial charge on any atom is 0.243 e. The van der Waals surface area contributed by atoms with Crippen LogP contribution < -0.4 is 33.2 Å². The monoisotopic (exact) mass is 423 g/mol. The Balaban J connectivity index is 2.89. The lowest BCUT2D eigenvalue weighted by Crippen LogP contribution is -2.56. The highest BCUT2D eigenvalue weighted by Gasteiger charge is 2.27. The summed E-state index contributed by atoms with van der Waals surface area (Å²) in [5.41, 5.74) is 16.4. The van der Waals surface area contributed by atoms with Gasteiger partial charge in [-0.2, -0.15) is 0 Å². The minimum absolute atomic E-state index is 0.0901. The summed E-state index contributed by atoms with van der Waals surface area (Å²) in [6.07, 6.45) is 3.69. The van der Waals surface area contributed by atoms with Gasteiger partial charge < -0.3 is 38.1 Å². The maximum absolute atomic E-state index is 12.8. The quantitative estimate of drug-likeness (QED) is 0.105. The first-order chi connectivity index (χ1) is 14.1. The van der Waals surface area contributed by atoms with E-state index in [1.165, 1.54) is 26.4 Å². The molecule has 3 atom stereocenters. The summed E-state index contributed by atoms with van der Waals surface area (Å²) in [6, 6.07) is -2.86. The van der Waals surface area contributed by atoms with Crippen LogP contribution in [0.3, 0.4) is 0 Å². The second kappa shape index (κ2) is 12.0. The summed E-state index contributed by atoms with van der Waals surface area (Å²) in [6.45, 7) is 2.95. The summed E-state index contributed by atoms with van der Waals surface area (Å²) in [5.74, 6) is -2.39. The third-order valence-corrected chi connectivity index (χ3v) is 4.04.